The van der Waals surface area contributed by atoms with Crippen LogP contribution in [0.15, 0.2) is 30.3 Å². The van der Waals surface area contributed by atoms with Crippen molar-refractivity contribution in [2.24, 2.45) is 0 Å². The molecule has 0 aliphatic rings. The van der Waals surface area contributed by atoms with Gasteiger partial charge in [-0.3, -0.25) is 4.79 Å². The van der Waals surface area contributed by atoms with Crippen LogP contribution in [0.4, 0.5) is 11.5 Å². The Bertz CT molecular complexity index is 653. The molecule has 0 aliphatic heterocycles. The van der Waals surface area contributed by atoms with Crippen molar-refractivity contribution in [1.29, 1.82) is 0 Å². The van der Waals surface area contributed by atoms with Crippen LogP contribution >= 0.6 is 0 Å². The van der Waals surface area contributed by atoms with Crippen LogP contribution in [-0.2, 0) is 0 Å². The van der Waals surface area contributed by atoms with E-state index in [1.165, 1.54) is 12.8 Å². The lowest BCUT2D eigenvalue weighted by Gasteiger charge is -2.10. The van der Waals surface area contributed by atoms with Gasteiger partial charge in [-0.15, -0.1) is 10.2 Å². The van der Waals surface area contributed by atoms with Crippen LogP contribution in [0.2, 0.25) is 0 Å². The summed E-state index contributed by atoms with van der Waals surface area (Å²) in [4.78, 5) is 12.3. The molecule has 0 fully saturated rings. The highest BCUT2D eigenvalue weighted by atomic mass is 16.1. The smallest absolute Gasteiger partial charge is 0.276 e. The number of carbonyl (C=O) groups excluding carboxylic acids is 1. The van der Waals surface area contributed by atoms with E-state index in [1.54, 1.807) is 12.1 Å². The molecule has 1 amide bonds. The highest BCUT2D eigenvalue weighted by Gasteiger charge is 2.10. The minimum absolute atomic E-state index is 0.247. The van der Waals surface area contributed by atoms with Gasteiger partial charge in [-0.2, -0.15) is 0 Å². The standard InChI is InChI=1S/C18H24N4O/c1-4-5-6-12-19-17-11-10-16(21-22-17)18(23)20-15-9-7-8-13(2)14(15)3/h7-11H,4-6,12H2,1-3H3,(H,19,22)(H,20,23). The first-order chi connectivity index (χ1) is 11.1. The van der Waals surface area contributed by atoms with Crippen LogP contribution in [-0.4, -0.2) is 22.6 Å². The van der Waals surface area contributed by atoms with Gasteiger partial charge in [-0.25, -0.2) is 0 Å². The van der Waals surface area contributed by atoms with Crippen molar-refractivity contribution in [2.45, 2.75) is 40.0 Å². The summed E-state index contributed by atoms with van der Waals surface area (Å²) in [6.07, 6.45) is 3.48. The molecule has 0 aliphatic carbocycles. The summed E-state index contributed by atoms with van der Waals surface area (Å²) in [7, 11) is 0. The maximum atomic E-state index is 12.3. The maximum absolute atomic E-state index is 12.3. The van der Waals surface area contributed by atoms with E-state index in [4.69, 9.17) is 0 Å². The Labute approximate surface area is 137 Å². The molecule has 122 valence electrons. The summed E-state index contributed by atoms with van der Waals surface area (Å²) in [5.74, 6) is 0.452. The fraction of sp³-hybridized carbons (Fsp3) is 0.389. The highest BCUT2D eigenvalue weighted by molar-refractivity contribution is 6.03. The van der Waals surface area contributed by atoms with E-state index in [1.807, 2.05) is 32.0 Å². The Hall–Kier alpha value is -2.43. The van der Waals surface area contributed by atoms with Crippen LogP contribution in [0.25, 0.3) is 0 Å². The molecule has 1 heterocycles. The van der Waals surface area contributed by atoms with Crippen molar-refractivity contribution < 1.29 is 4.79 Å². The zero-order chi connectivity index (χ0) is 16.7. The van der Waals surface area contributed by atoms with E-state index in [0.29, 0.717) is 11.5 Å². The Morgan fingerprint density at radius 2 is 1.91 bits per heavy atom. The Morgan fingerprint density at radius 3 is 2.61 bits per heavy atom. The average Bonchev–Trinajstić information content (AvgIpc) is 2.56. The number of amides is 1. The predicted octanol–water partition coefficient (Wildman–Crippen LogP) is 3.95. The first-order valence-electron chi connectivity index (χ1n) is 8.07. The van der Waals surface area contributed by atoms with Crippen LogP contribution < -0.4 is 10.6 Å². The largest absolute Gasteiger partial charge is 0.369 e. The fourth-order valence-electron chi connectivity index (χ4n) is 2.21. The first kappa shape index (κ1) is 16.9. The monoisotopic (exact) mass is 312 g/mol. The maximum Gasteiger partial charge on any atom is 0.276 e. The molecular formula is C18H24N4O. The fourth-order valence-corrected chi connectivity index (χ4v) is 2.21. The number of anilines is 2. The van der Waals surface area contributed by atoms with E-state index in [9.17, 15) is 4.79 Å². The molecule has 0 radical (unpaired) electrons. The molecule has 0 spiro atoms. The topological polar surface area (TPSA) is 66.9 Å². The van der Waals surface area contributed by atoms with Gasteiger partial charge in [0, 0.05) is 12.2 Å². The van der Waals surface area contributed by atoms with Gasteiger partial charge in [0.25, 0.3) is 5.91 Å². The molecule has 5 nitrogen and oxygen atoms in total. The SMILES string of the molecule is CCCCCNc1ccc(C(=O)Nc2cccc(C)c2C)nn1. The number of nitrogens with zero attached hydrogens (tertiary/aromatic N) is 2. The summed E-state index contributed by atoms with van der Waals surface area (Å²) in [6.45, 7) is 7.05. The minimum atomic E-state index is -0.247. The molecule has 0 saturated heterocycles. The van der Waals surface area contributed by atoms with Crippen molar-refractivity contribution in [1.82, 2.24) is 10.2 Å². The lowest BCUT2D eigenvalue weighted by Crippen LogP contribution is -2.16. The molecule has 2 aromatic rings. The van der Waals surface area contributed by atoms with Crippen molar-refractivity contribution >= 4 is 17.4 Å². The molecule has 0 unspecified atom stereocenters. The van der Waals surface area contributed by atoms with E-state index in [-0.39, 0.29) is 5.91 Å². The molecule has 2 N–H and O–H groups in total. The molecule has 1 aromatic carbocycles. The van der Waals surface area contributed by atoms with Crippen molar-refractivity contribution in [3.05, 3.63) is 47.2 Å². The molecule has 0 saturated carbocycles. The number of hydrogen-bond acceptors (Lipinski definition) is 4. The van der Waals surface area contributed by atoms with Crippen molar-refractivity contribution in [2.75, 3.05) is 17.2 Å². The summed E-state index contributed by atoms with van der Waals surface area (Å²) >= 11 is 0. The van der Waals surface area contributed by atoms with Crippen molar-refractivity contribution in [3.63, 3.8) is 0 Å². The van der Waals surface area contributed by atoms with E-state index in [2.05, 4.69) is 27.8 Å². The van der Waals surface area contributed by atoms with Crippen LogP contribution in [0.3, 0.4) is 0 Å². The molecule has 0 atom stereocenters. The molecular weight excluding hydrogens is 288 g/mol. The molecule has 0 bridgehead atoms. The number of hydrogen-bond donors (Lipinski definition) is 2. The Balaban J connectivity index is 1.96. The van der Waals surface area contributed by atoms with Gasteiger partial charge >= 0.3 is 0 Å². The number of aryl methyl sites for hydroxylation is 1. The number of aromatic nitrogens is 2. The number of unbranched alkanes of at least 4 members (excludes halogenated alkanes) is 2. The summed E-state index contributed by atoms with van der Waals surface area (Å²) in [5.41, 5.74) is 3.31. The van der Waals surface area contributed by atoms with Crippen LogP contribution in [0, 0.1) is 13.8 Å². The summed E-state index contributed by atoms with van der Waals surface area (Å²) in [5, 5.41) is 14.1. The summed E-state index contributed by atoms with van der Waals surface area (Å²) < 4.78 is 0. The van der Waals surface area contributed by atoms with Crippen molar-refractivity contribution in [3.8, 4) is 0 Å². The molecule has 2 rings (SSSR count). The second kappa shape index (κ2) is 8.27. The number of rotatable bonds is 7. The quantitative estimate of drug-likeness (QED) is 0.760. The van der Waals surface area contributed by atoms with Gasteiger partial charge in [0.15, 0.2) is 5.69 Å². The third-order valence-electron chi connectivity index (χ3n) is 3.84. The average molecular weight is 312 g/mol. The second-order valence-electron chi connectivity index (χ2n) is 5.64. The highest BCUT2D eigenvalue weighted by Crippen LogP contribution is 2.18. The molecule has 1 aromatic heterocycles. The van der Waals surface area contributed by atoms with Gasteiger partial charge in [0.1, 0.15) is 5.82 Å². The van der Waals surface area contributed by atoms with Gasteiger partial charge in [-0.05, 0) is 49.6 Å². The van der Waals surface area contributed by atoms with Gasteiger partial charge in [-0.1, -0.05) is 31.9 Å². The van der Waals surface area contributed by atoms with E-state index >= 15 is 0 Å². The Morgan fingerprint density at radius 1 is 1.09 bits per heavy atom. The molecule has 23 heavy (non-hydrogen) atoms. The van der Waals surface area contributed by atoms with E-state index < -0.39 is 0 Å². The lowest BCUT2D eigenvalue weighted by molar-refractivity contribution is 0.102. The van der Waals surface area contributed by atoms with Gasteiger partial charge in [0.2, 0.25) is 0 Å². The number of carbonyl (C=O) groups is 1. The number of benzene rings is 1. The van der Waals surface area contributed by atoms with Crippen LogP contribution in [0.5, 0.6) is 0 Å². The zero-order valence-electron chi connectivity index (χ0n) is 14.0. The minimum Gasteiger partial charge on any atom is -0.369 e. The third kappa shape index (κ3) is 4.77. The molecule has 5 heteroatoms. The normalized spacial score (nSPS) is 10.4. The van der Waals surface area contributed by atoms with Gasteiger partial charge < -0.3 is 10.6 Å². The van der Waals surface area contributed by atoms with Gasteiger partial charge in [0.05, 0.1) is 0 Å². The number of nitrogens with one attached hydrogen (secondary N) is 2. The second-order valence-corrected chi connectivity index (χ2v) is 5.64. The van der Waals surface area contributed by atoms with Crippen LogP contribution in [0.1, 0.15) is 47.8 Å². The lowest BCUT2D eigenvalue weighted by atomic mass is 10.1. The van der Waals surface area contributed by atoms with E-state index in [0.717, 1.165) is 29.8 Å². The summed E-state index contributed by atoms with van der Waals surface area (Å²) in [6, 6.07) is 9.31. The zero-order valence-corrected chi connectivity index (χ0v) is 14.0. The first-order valence-corrected chi connectivity index (χ1v) is 8.07. The Kier molecular flexibility index (Phi) is 6.09. The third-order valence-corrected chi connectivity index (χ3v) is 3.84. The predicted molar refractivity (Wildman–Crippen MR) is 93.9 cm³/mol.